The summed E-state index contributed by atoms with van der Waals surface area (Å²) in [7, 11) is -3.99. The summed E-state index contributed by atoms with van der Waals surface area (Å²) in [6.45, 7) is 0.184. The van der Waals surface area contributed by atoms with Crippen molar-refractivity contribution < 1.29 is 26.9 Å². The molecule has 6 nitrogen and oxygen atoms in total. The van der Waals surface area contributed by atoms with E-state index in [0.717, 1.165) is 5.56 Å². The van der Waals surface area contributed by atoms with Gasteiger partial charge >= 0.3 is 10.1 Å². The predicted molar refractivity (Wildman–Crippen MR) is 112 cm³/mol. The van der Waals surface area contributed by atoms with Gasteiger partial charge in [-0.25, -0.2) is 0 Å². The maximum absolute atomic E-state index is 12.4. The van der Waals surface area contributed by atoms with Crippen molar-refractivity contribution in [3.63, 3.8) is 0 Å². The van der Waals surface area contributed by atoms with Crippen LogP contribution in [0.3, 0.4) is 0 Å². The van der Waals surface area contributed by atoms with Crippen LogP contribution in [0.4, 0.5) is 0 Å². The molecule has 0 aromatic heterocycles. The molecule has 0 bridgehead atoms. The molecule has 3 aromatic rings. The first-order valence-electron chi connectivity index (χ1n) is 8.83. The molecule has 0 saturated heterocycles. The fourth-order valence-corrected chi connectivity index (χ4v) is 3.79. The van der Waals surface area contributed by atoms with Crippen molar-refractivity contribution in [3.05, 3.63) is 89.0 Å². The molecule has 0 N–H and O–H groups in total. The number of ketones is 1. The van der Waals surface area contributed by atoms with E-state index < -0.39 is 10.1 Å². The van der Waals surface area contributed by atoms with Gasteiger partial charge in [0, 0.05) is 10.6 Å². The Morgan fingerprint density at radius 1 is 0.933 bits per heavy atom. The number of allylic oxidation sites excluding steroid dienone is 1. The molecule has 8 heteroatoms. The van der Waals surface area contributed by atoms with Gasteiger partial charge in [0.25, 0.3) is 0 Å². The van der Waals surface area contributed by atoms with E-state index in [1.165, 1.54) is 54.6 Å². The lowest BCUT2D eigenvalue weighted by Gasteiger charge is -2.07. The Kier molecular flexibility index (Phi) is 5.48. The van der Waals surface area contributed by atoms with E-state index in [-0.39, 0.29) is 23.2 Å². The Hall–Kier alpha value is -3.29. The van der Waals surface area contributed by atoms with Crippen molar-refractivity contribution in [1.29, 1.82) is 0 Å². The second kappa shape index (κ2) is 8.22. The Balaban J connectivity index is 1.44. The Morgan fingerprint density at radius 2 is 1.63 bits per heavy atom. The molecule has 0 spiro atoms. The quantitative estimate of drug-likeness (QED) is 0.312. The first kappa shape index (κ1) is 20.0. The summed E-state index contributed by atoms with van der Waals surface area (Å²) in [5.41, 5.74) is 1.19. The maximum atomic E-state index is 12.4. The standard InChI is InChI=1S/C22H15ClO6S/c23-17-5-9-19(10-6-17)30(25,26)29-18-7-3-16(4-8-18)20(24)11-1-15-2-12-21-22(13-15)28-14-27-21/h1-13H,14H2/b11-1+. The summed E-state index contributed by atoms with van der Waals surface area (Å²) in [5, 5.41) is 0.422. The Morgan fingerprint density at radius 3 is 2.37 bits per heavy atom. The zero-order valence-electron chi connectivity index (χ0n) is 15.4. The number of hydrogen-bond donors (Lipinski definition) is 0. The molecule has 152 valence electrons. The number of halogens is 1. The molecular weight excluding hydrogens is 428 g/mol. The lowest BCUT2D eigenvalue weighted by Crippen LogP contribution is -2.09. The molecule has 30 heavy (non-hydrogen) atoms. The summed E-state index contributed by atoms with van der Waals surface area (Å²) in [4.78, 5) is 12.4. The average Bonchev–Trinajstić information content (AvgIpc) is 3.20. The van der Waals surface area contributed by atoms with Crippen LogP contribution in [0.25, 0.3) is 6.08 Å². The fourth-order valence-electron chi connectivity index (χ4n) is 2.74. The minimum atomic E-state index is -3.99. The average molecular weight is 443 g/mol. The maximum Gasteiger partial charge on any atom is 0.339 e. The van der Waals surface area contributed by atoms with E-state index >= 15 is 0 Å². The van der Waals surface area contributed by atoms with Crippen molar-refractivity contribution in [2.45, 2.75) is 4.90 Å². The van der Waals surface area contributed by atoms with Crippen molar-refractivity contribution in [2.75, 3.05) is 6.79 Å². The third-order valence-electron chi connectivity index (χ3n) is 4.27. The van der Waals surface area contributed by atoms with Gasteiger partial charge in [-0.15, -0.1) is 0 Å². The zero-order valence-corrected chi connectivity index (χ0v) is 17.0. The summed E-state index contributed by atoms with van der Waals surface area (Å²) in [5.74, 6) is 1.16. The largest absolute Gasteiger partial charge is 0.454 e. The highest BCUT2D eigenvalue weighted by atomic mass is 35.5. The Labute approximate surface area is 178 Å². The van der Waals surface area contributed by atoms with Gasteiger partial charge < -0.3 is 13.7 Å². The first-order chi connectivity index (χ1) is 14.4. The molecule has 1 heterocycles. The van der Waals surface area contributed by atoms with Gasteiger partial charge in [-0.3, -0.25) is 4.79 Å². The van der Waals surface area contributed by atoms with Crippen LogP contribution in [0.5, 0.6) is 17.2 Å². The van der Waals surface area contributed by atoms with Crippen molar-refractivity contribution in [3.8, 4) is 17.2 Å². The highest BCUT2D eigenvalue weighted by Gasteiger charge is 2.17. The van der Waals surface area contributed by atoms with Crippen LogP contribution >= 0.6 is 11.6 Å². The van der Waals surface area contributed by atoms with E-state index in [1.54, 1.807) is 18.2 Å². The lowest BCUT2D eigenvalue weighted by molar-refractivity contribution is 0.104. The van der Waals surface area contributed by atoms with Crippen LogP contribution in [0, 0.1) is 0 Å². The van der Waals surface area contributed by atoms with Crippen LogP contribution in [0.2, 0.25) is 5.02 Å². The minimum absolute atomic E-state index is 0.0151. The van der Waals surface area contributed by atoms with Crippen molar-refractivity contribution >= 4 is 33.6 Å². The monoisotopic (exact) mass is 442 g/mol. The molecule has 1 aliphatic rings. The number of fused-ring (bicyclic) bond motifs is 1. The van der Waals surface area contributed by atoms with E-state index in [0.29, 0.717) is 22.1 Å². The second-order valence-electron chi connectivity index (χ2n) is 6.33. The smallest absolute Gasteiger partial charge is 0.339 e. The third-order valence-corrected chi connectivity index (χ3v) is 5.78. The summed E-state index contributed by atoms with van der Waals surface area (Å²) >= 11 is 5.77. The molecule has 0 amide bonds. The fraction of sp³-hybridized carbons (Fsp3) is 0.0455. The molecule has 0 unspecified atom stereocenters. The van der Waals surface area contributed by atoms with Gasteiger partial charge in [0.1, 0.15) is 10.6 Å². The second-order valence-corrected chi connectivity index (χ2v) is 8.31. The van der Waals surface area contributed by atoms with E-state index in [4.69, 9.17) is 25.3 Å². The van der Waals surface area contributed by atoms with Crippen LogP contribution in [-0.4, -0.2) is 21.0 Å². The van der Waals surface area contributed by atoms with Crippen molar-refractivity contribution in [2.24, 2.45) is 0 Å². The number of carbonyl (C=O) groups is 1. The molecule has 0 atom stereocenters. The molecule has 4 rings (SSSR count). The predicted octanol–water partition coefficient (Wildman–Crippen LogP) is 4.73. The Bertz CT molecular complexity index is 1220. The number of rotatable bonds is 6. The van der Waals surface area contributed by atoms with Gasteiger partial charge in [-0.05, 0) is 72.3 Å². The number of hydrogen-bond acceptors (Lipinski definition) is 6. The van der Waals surface area contributed by atoms with Crippen LogP contribution in [0.15, 0.2) is 77.7 Å². The molecule has 0 saturated carbocycles. The number of benzene rings is 3. The van der Waals surface area contributed by atoms with E-state index in [2.05, 4.69) is 0 Å². The van der Waals surface area contributed by atoms with E-state index in [9.17, 15) is 13.2 Å². The molecule has 1 aliphatic heterocycles. The SMILES string of the molecule is O=C(/C=C/c1ccc2c(c1)OCO2)c1ccc(OS(=O)(=O)c2ccc(Cl)cc2)cc1. The van der Waals surface area contributed by atoms with Crippen LogP contribution in [0.1, 0.15) is 15.9 Å². The minimum Gasteiger partial charge on any atom is -0.454 e. The number of carbonyl (C=O) groups excluding carboxylic acids is 1. The molecule has 0 aliphatic carbocycles. The highest BCUT2D eigenvalue weighted by molar-refractivity contribution is 7.87. The van der Waals surface area contributed by atoms with Gasteiger partial charge in [-0.2, -0.15) is 8.42 Å². The molecule has 0 fully saturated rings. The van der Waals surface area contributed by atoms with Crippen LogP contribution < -0.4 is 13.7 Å². The normalized spacial score (nSPS) is 12.8. The molecule has 0 radical (unpaired) electrons. The molecule has 3 aromatic carbocycles. The third kappa shape index (κ3) is 4.48. The zero-order chi connectivity index (χ0) is 21.1. The summed E-state index contributed by atoms with van der Waals surface area (Å²) in [6.07, 6.45) is 3.09. The van der Waals surface area contributed by atoms with Gasteiger partial charge in [0.05, 0.1) is 0 Å². The van der Waals surface area contributed by atoms with Crippen molar-refractivity contribution in [1.82, 2.24) is 0 Å². The summed E-state index contributed by atoms with van der Waals surface area (Å²) in [6, 6.07) is 16.9. The number of ether oxygens (including phenoxy) is 2. The lowest BCUT2D eigenvalue weighted by atomic mass is 10.1. The molecular formula is C22H15ClO6S. The van der Waals surface area contributed by atoms with Gasteiger partial charge in [-0.1, -0.05) is 23.7 Å². The van der Waals surface area contributed by atoms with E-state index in [1.807, 2.05) is 6.07 Å². The highest BCUT2D eigenvalue weighted by Crippen LogP contribution is 2.32. The van der Waals surface area contributed by atoms with Gasteiger partial charge in [0.2, 0.25) is 6.79 Å². The topological polar surface area (TPSA) is 78.9 Å². The first-order valence-corrected chi connectivity index (χ1v) is 10.6. The summed E-state index contributed by atoms with van der Waals surface area (Å²) < 4.78 is 40.3. The van der Waals surface area contributed by atoms with Gasteiger partial charge in [0.15, 0.2) is 17.3 Å². The van der Waals surface area contributed by atoms with Crippen LogP contribution in [-0.2, 0) is 10.1 Å².